The summed E-state index contributed by atoms with van der Waals surface area (Å²) in [5, 5.41) is 0. The van der Waals surface area contributed by atoms with Crippen LogP contribution in [0.15, 0.2) is 36.4 Å². The highest BCUT2D eigenvalue weighted by molar-refractivity contribution is 5.75. The van der Waals surface area contributed by atoms with E-state index in [-0.39, 0.29) is 12.4 Å². The number of hydrogen-bond acceptors (Lipinski definition) is 3. The van der Waals surface area contributed by atoms with Crippen molar-refractivity contribution in [3.8, 4) is 16.9 Å². The number of methoxy groups -OCH3 is 1. The molecule has 0 heterocycles. The molecule has 4 N–H and O–H groups in total. The molecule has 0 bridgehead atoms. The van der Waals surface area contributed by atoms with Gasteiger partial charge in [0.15, 0.2) is 0 Å². The maximum absolute atomic E-state index is 13.8. The van der Waals surface area contributed by atoms with E-state index in [2.05, 4.69) is 0 Å². The van der Waals surface area contributed by atoms with E-state index in [9.17, 15) is 4.39 Å². The van der Waals surface area contributed by atoms with Crippen LogP contribution in [0.25, 0.3) is 11.1 Å². The number of benzene rings is 2. The minimum atomic E-state index is -0.305. The van der Waals surface area contributed by atoms with E-state index in [1.54, 1.807) is 13.2 Å². The quantitative estimate of drug-likeness (QED) is 0.887. The van der Waals surface area contributed by atoms with Gasteiger partial charge in [-0.3, -0.25) is 0 Å². The first-order valence-corrected chi connectivity index (χ1v) is 6.06. The summed E-state index contributed by atoms with van der Waals surface area (Å²) < 4.78 is 19.2. The Kier molecular flexibility index (Phi) is 4.14. The molecule has 2 rings (SSSR count). The summed E-state index contributed by atoms with van der Waals surface area (Å²) >= 11 is 0. The van der Waals surface area contributed by atoms with E-state index in [0.29, 0.717) is 17.9 Å². The second-order valence-corrected chi connectivity index (χ2v) is 4.17. The van der Waals surface area contributed by atoms with Crippen molar-refractivity contribution in [1.82, 2.24) is 0 Å². The molecule has 3 nitrogen and oxygen atoms in total. The Morgan fingerprint density at radius 3 is 2.32 bits per heavy atom. The monoisotopic (exact) mass is 260 g/mol. The third kappa shape index (κ3) is 2.45. The first-order valence-electron chi connectivity index (χ1n) is 6.06. The van der Waals surface area contributed by atoms with Gasteiger partial charge in [0, 0.05) is 29.8 Å². The van der Waals surface area contributed by atoms with Crippen LogP contribution in [0.3, 0.4) is 0 Å². The van der Waals surface area contributed by atoms with Crippen LogP contribution in [0.1, 0.15) is 11.1 Å². The molecule has 0 fully saturated rings. The standard InChI is InChI=1S/C15H17FN2O/c1-19-15-10(8-17)4-2-6-12(15)11-5-3-7-14(16)13(11)9-18/h2-7H,8-9,17-18H2,1H3. The number of para-hydroxylation sites is 1. The number of rotatable bonds is 4. The van der Waals surface area contributed by atoms with Crippen molar-refractivity contribution < 1.29 is 9.13 Å². The zero-order valence-electron chi connectivity index (χ0n) is 10.8. The second-order valence-electron chi connectivity index (χ2n) is 4.17. The maximum Gasteiger partial charge on any atom is 0.131 e. The van der Waals surface area contributed by atoms with Gasteiger partial charge < -0.3 is 16.2 Å². The van der Waals surface area contributed by atoms with Crippen LogP contribution in [0.2, 0.25) is 0 Å². The summed E-state index contributed by atoms with van der Waals surface area (Å²) in [5.41, 5.74) is 14.3. The molecule has 0 spiro atoms. The van der Waals surface area contributed by atoms with Crippen LogP contribution in [0, 0.1) is 5.82 Å². The molecule has 100 valence electrons. The average Bonchev–Trinajstić information content (AvgIpc) is 2.45. The van der Waals surface area contributed by atoms with Gasteiger partial charge in [0.1, 0.15) is 11.6 Å². The molecule has 0 saturated carbocycles. The summed E-state index contributed by atoms with van der Waals surface area (Å²) in [5.74, 6) is 0.366. The van der Waals surface area contributed by atoms with Gasteiger partial charge in [0.25, 0.3) is 0 Å². The Balaban J connectivity index is 2.68. The lowest BCUT2D eigenvalue weighted by Gasteiger charge is -2.15. The van der Waals surface area contributed by atoms with Crippen molar-refractivity contribution in [1.29, 1.82) is 0 Å². The van der Waals surface area contributed by atoms with E-state index in [4.69, 9.17) is 16.2 Å². The molecule has 0 aliphatic heterocycles. The van der Waals surface area contributed by atoms with Gasteiger partial charge in [-0.2, -0.15) is 0 Å². The first kappa shape index (κ1) is 13.5. The molecule has 0 aliphatic carbocycles. The molecule has 19 heavy (non-hydrogen) atoms. The molecule has 0 amide bonds. The summed E-state index contributed by atoms with van der Waals surface area (Å²) in [4.78, 5) is 0. The van der Waals surface area contributed by atoms with Crippen LogP contribution in [0.5, 0.6) is 5.75 Å². The smallest absolute Gasteiger partial charge is 0.131 e. The van der Waals surface area contributed by atoms with Crippen molar-refractivity contribution in [3.05, 3.63) is 53.3 Å². The molecule has 0 aliphatic rings. The van der Waals surface area contributed by atoms with Gasteiger partial charge >= 0.3 is 0 Å². The Morgan fingerprint density at radius 1 is 1.00 bits per heavy atom. The minimum Gasteiger partial charge on any atom is -0.496 e. The largest absolute Gasteiger partial charge is 0.496 e. The molecule has 0 atom stereocenters. The van der Waals surface area contributed by atoms with Crippen LogP contribution in [0.4, 0.5) is 4.39 Å². The van der Waals surface area contributed by atoms with Crippen molar-refractivity contribution in [2.75, 3.05) is 7.11 Å². The third-order valence-corrected chi connectivity index (χ3v) is 3.13. The van der Waals surface area contributed by atoms with E-state index in [0.717, 1.165) is 16.7 Å². The zero-order valence-corrected chi connectivity index (χ0v) is 10.8. The predicted molar refractivity (Wildman–Crippen MR) is 74.2 cm³/mol. The minimum absolute atomic E-state index is 0.137. The summed E-state index contributed by atoms with van der Waals surface area (Å²) in [6.45, 7) is 0.502. The van der Waals surface area contributed by atoms with Gasteiger partial charge in [-0.05, 0) is 11.6 Å². The number of halogens is 1. The highest BCUT2D eigenvalue weighted by Crippen LogP contribution is 2.35. The van der Waals surface area contributed by atoms with Crippen molar-refractivity contribution in [3.63, 3.8) is 0 Å². The van der Waals surface area contributed by atoms with Crippen molar-refractivity contribution in [2.45, 2.75) is 13.1 Å². The topological polar surface area (TPSA) is 61.3 Å². The van der Waals surface area contributed by atoms with Crippen LogP contribution in [-0.2, 0) is 13.1 Å². The van der Waals surface area contributed by atoms with E-state index < -0.39 is 0 Å². The lowest BCUT2D eigenvalue weighted by Crippen LogP contribution is -2.05. The summed E-state index contributed by atoms with van der Waals surface area (Å²) in [6.07, 6.45) is 0. The van der Waals surface area contributed by atoms with Gasteiger partial charge in [-0.1, -0.05) is 30.3 Å². The Bertz CT molecular complexity index is 584. The molecule has 0 saturated heterocycles. The maximum atomic E-state index is 13.8. The summed E-state index contributed by atoms with van der Waals surface area (Å²) in [6, 6.07) is 10.6. The van der Waals surface area contributed by atoms with E-state index in [1.165, 1.54) is 6.07 Å². The fourth-order valence-electron chi connectivity index (χ4n) is 2.22. The van der Waals surface area contributed by atoms with Crippen LogP contribution >= 0.6 is 0 Å². The lowest BCUT2D eigenvalue weighted by molar-refractivity contribution is 0.411. The molecule has 0 unspecified atom stereocenters. The van der Waals surface area contributed by atoms with Crippen LogP contribution < -0.4 is 16.2 Å². The highest BCUT2D eigenvalue weighted by Gasteiger charge is 2.14. The summed E-state index contributed by atoms with van der Waals surface area (Å²) in [7, 11) is 1.58. The fourth-order valence-corrected chi connectivity index (χ4v) is 2.22. The Morgan fingerprint density at radius 2 is 1.68 bits per heavy atom. The number of hydrogen-bond donors (Lipinski definition) is 2. The second kappa shape index (κ2) is 5.82. The van der Waals surface area contributed by atoms with Gasteiger partial charge in [-0.25, -0.2) is 4.39 Å². The van der Waals surface area contributed by atoms with Crippen molar-refractivity contribution in [2.24, 2.45) is 11.5 Å². The van der Waals surface area contributed by atoms with Gasteiger partial charge in [-0.15, -0.1) is 0 Å². The third-order valence-electron chi connectivity index (χ3n) is 3.13. The van der Waals surface area contributed by atoms with E-state index >= 15 is 0 Å². The molecular formula is C15H17FN2O. The van der Waals surface area contributed by atoms with Crippen molar-refractivity contribution >= 4 is 0 Å². The lowest BCUT2D eigenvalue weighted by atomic mass is 9.96. The zero-order chi connectivity index (χ0) is 13.8. The molecule has 2 aromatic rings. The molecule has 2 aromatic carbocycles. The molecular weight excluding hydrogens is 243 g/mol. The first-order chi connectivity index (χ1) is 9.22. The fraction of sp³-hybridized carbons (Fsp3) is 0.200. The highest BCUT2D eigenvalue weighted by atomic mass is 19.1. The van der Waals surface area contributed by atoms with Gasteiger partial charge in [0.05, 0.1) is 7.11 Å². The van der Waals surface area contributed by atoms with Gasteiger partial charge in [0.2, 0.25) is 0 Å². The predicted octanol–water partition coefficient (Wildman–Crippen LogP) is 2.42. The molecule has 0 radical (unpaired) electrons. The number of nitrogens with two attached hydrogens (primary N) is 2. The number of ether oxygens (including phenoxy) is 1. The normalized spacial score (nSPS) is 10.5. The Hall–Kier alpha value is -1.91. The molecule has 0 aromatic heterocycles. The SMILES string of the molecule is COc1c(CN)cccc1-c1cccc(F)c1CN. The van der Waals surface area contributed by atoms with E-state index in [1.807, 2.05) is 24.3 Å². The Labute approximate surface area is 112 Å². The van der Waals surface area contributed by atoms with Crippen LogP contribution in [-0.4, -0.2) is 7.11 Å². The average molecular weight is 260 g/mol. The molecule has 4 heteroatoms.